The van der Waals surface area contributed by atoms with Crippen molar-refractivity contribution >= 4 is 14.1 Å². The molecule has 3 atom stereocenters. The minimum atomic E-state index is -1.90. The lowest BCUT2D eigenvalue weighted by Crippen LogP contribution is -2.40. The Bertz CT molecular complexity index is 965. The van der Waals surface area contributed by atoms with Gasteiger partial charge in [-0.15, -0.1) is 0 Å². The van der Waals surface area contributed by atoms with E-state index in [4.69, 9.17) is 32.8 Å². The van der Waals surface area contributed by atoms with E-state index in [2.05, 4.69) is 33.9 Å². The molecule has 240 valence electrons. The average molecular weight is 609 g/mol. The Labute approximate surface area is 255 Å². The fraction of sp³-hybridized carbons (Fsp3) is 0.667. The summed E-state index contributed by atoms with van der Waals surface area (Å²) in [7, 11) is 3.00. The second kappa shape index (κ2) is 19.4. The van der Waals surface area contributed by atoms with Crippen LogP contribution in [0.5, 0.6) is 5.75 Å². The summed E-state index contributed by atoms with van der Waals surface area (Å²) in [5.41, 5.74) is 2.95. The zero-order chi connectivity index (χ0) is 31.8. The summed E-state index contributed by atoms with van der Waals surface area (Å²) in [4.78, 5) is 13.5. The second-order valence-electron chi connectivity index (χ2n) is 12.1. The van der Waals surface area contributed by atoms with Crippen molar-refractivity contribution in [2.24, 2.45) is 5.92 Å². The number of hydrogen-bond donors (Lipinski definition) is 0. The van der Waals surface area contributed by atoms with Crippen LogP contribution in [0.15, 0.2) is 47.6 Å². The zero-order valence-electron chi connectivity index (χ0n) is 27.9. The molecule has 0 unspecified atom stereocenters. The van der Waals surface area contributed by atoms with Crippen LogP contribution in [-0.4, -0.2) is 80.9 Å². The van der Waals surface area contributed by atoms with Crippen LogP contribution in [0.1, 0.15) is 53.5 Å². The second-order valence-corrected chi connectivity index (χ2v) is 16.9. The molecular formula is C33H56O8Si. The molecule has 0 heterocycles. The molecule has 1 aromatic rings. The van der Waals surface area contributed by atoms with Crippen molar-refractivity contribution < 1.29 is 37.6 Å². The Morgan fingerprint density at radius 1 is 0.929 bits per heavy atom. The lowest BCUT2D eigenvalue weighted by atomic mass is 9.90. The van der Waals surface area contributed by atoms with Crippen LogP contribution in [-0.2, 0) is 39.5 Å². The van der Waals surface area contributed by atoms with Gasteiger partial charge in [-0.2, -0.15) is 0 Å². The third-order valence-electron chi connectivity index (χ3n) is 7.95. The van der Waals surface area contributed by atoms with E-state index < -0.39 is 14.4 Å². The third kappa shape index (κ3) is 13.6. The Morgan fingerprint density at radius 2 is 1.57 bits per heavy atom. The molecule has 0 aliphatic rings. The zero-order valence-corrected chi connectivity index (χ0v) is 28.9. The van der Waals surface area contributed by atoms with Gasteiger partial charge in [0.1, 0.15) is 18.3 Å². The summed E-state index contributed by atoms with van der Waals surface area (Å²) in [5, 5.41) is 0.118. The molecule has 0 amide bonds. The largest absolute Gasteiger partial charge is 0.497 e. The van der Waals surface area contributed by atoms with Crippen LogP contribution in [0, 0.1) is 5.92 Å². The molecule has 42 heavy (non-hydrogen) atoms. The van der Waals surface area contributed by atoms with Gasteiger partial charge in [-0.05, 0) is 60.8 Å². The highest BCUT2D eigenvalue weighted by Crippen LogP contribution is 2.36. The summed E-state index contributed by atoms with van der Waals surface area (Å²) in [5.74, 6) is 0.492. The van der Waals surface area contributed by atoms with Gasteiger partial charge in [0.15, 0.2) is 8.32 Å². The van der Waals surface area contributed by atoms with Crippen molar-refractivity contribution in [2.75, 3.05) is 54.5 Å². The predicted molar refractivity (Wildman–Crippen MR) is 170 cm³/mol. The molecule has 9 heteroatoms. The standard InChI is InChI=1S/C33H56O8Si/c1-25(17-19-41-42(10,11)33(4,5)6)31(40-24-39-21-20-35-7)22-30(34)27(3)32(37-9)26(2)16-18-38-23-28-12-14-29(36-8)15-13-28/h12-17,27,31-32H,18-24H2,1-11H3/b25-17+,26-16+/t27-,31-,32-/m0/s1. The van der Waals surface area contributed by atoms with Crippen molar-refractivity contribution in [3.05, 3.63) is 53.1 Å². The summed E-state index contributed by atoms with van der Waals surface area (Å²) in [6, 6.07) is 7.78. The van der Waals surface area contributed by atoms with E-state index >= 15 is 0 Å². The van der Waals surface area contributed by atoms with Gasteiger partial charge in [0.05, 0.1) is 52.4 Å². The minimum absolute atomic E-state index is 0.0497. The highest BCUT2D eigenvalue weighted by Gasteiger charge is 2.37. The summed E-state index contributed by atoms with van der Waals surface area (Å²) in [6.45, 7) is 19.3. The van der Waals surface area contributed by atoms with Gasteiger partial charge in [-0.1, -0.05) is 52.0 Å². The van der Waals surface area contributed by atoms with Gasteiger partial charge >= 0.3 is 0 Å². The number of ether oxygens (including phenoxy) is 6. The van der Waals surface area contributed by atoms with Gasteiger partial charge in [0, 0.05) is 26.6 Å². The molecule has 0 N–H and O–H groups in total. The van der Waals surface area contributed by atoms with Gasteiger partial charge in [-0.3, -0.25) is 4.79 Å². The smallest absolute Gasteiger partial charge is 0.192 e. The number of rotatable bonds is 21. The van der Waals surface area contributed by atoms with Crippen LogP contribution in [0.4, 0.5) is 0 Å². The quantitative estimate of drug-likeness (QED) is 0.0657. The van der Waals surface area contributed by atoms with Crippen molar-refractivity contribution in [3.8, 4) is 5.75 Å². The predicted octanol–water partition coefficient (Wildman–Crippen LogP) is 6.74. The van der Waals surface area contributed by atoms with Gasteiger partial charge in [0.2, 0.25) is 0 Å². The highest BCUT2D eigenvalue weighted by atomic mass is 28.4. The van der Waals surface area contributed by atoms with E-state index in [1.807, 2.05) is 57.2 Å². The maximum Gasteiger partial charge on any atom is 0.192 e. The van der Waals surface area contributed by atoms with Gasteiger partial charge < -0.3 is 32.8 Å². The molecular weight excluding hydrogens is 552 g/mol. The first-order valence-corrected chi connectivity index (χ1v) is 17.6. The average Bonchev–Trinajstić information content (AvgIpc) is 2.94. The van der Waals surface area contributed by atoms with Crippen LogP contribution in [0.3, 0.4) is 0 Å². The van der Waals surface area contributed by atoms with Crippen molar-refractivity contribution in [3.63, 3.8) is 0 Å². The maximum atomic E-state index is 13.5. The number of Topliss-reactive ketones (excluding diaryl/α,β-unsaturated/α-hetero) is 1. The first-order valence-electron chi connectivity index (χ1n) is 14.7. The van der Waals surface area contributed by atoms with Crippen molar-refractivity contribution in [1.29, 1.82) is 0 Å². The highest BCUT2D eigenvalue weighted by molar-refractivity contribution is 6.74. The molecule has 8 nitrogen and oxygen atoms in total. The SMILES string of the molecule is COCCOCO[C@@H](CC(=O)[C@H](C)[C@@H](OC)/C(C)=C/COCc1ccc(OC)cc1)/C(C)=C/CO[Si](C)(C)C(C)(C)C. The van der Waals surface area contributed by atoms with E-state index in [1.165, 1.54) is 0 Å². The molecule has 1 rings (SSSR count). The Hall–Kier alpha value is -1.85. The number of benzene rings is 1. The Morgan fingerprint density at radius 3 is 2.14 bits per heavy atom. The molecule has 0 aliphatic heterocycles. The molecule has 0 radical (unpaired) electrons. The van der Waals surface area contributed by atoms with Crippen LogP contribution in [0.2, 0.25) is 18.1 Å². The molecule has 0 spiro atoms. The summed E-state index contributed by atoms with van der Waals surface area (Å²) in [6.07, 6.45) is 3.41. The van der Waals surface area contributed by atoms with Crippen LogP contribution in [0.25, 0.3) is 0 Å². The number of carbonyl (C=O) groups is 1. The van der Waals surface area contributed by atoms with Crippen molar-refractivity contribution in [2.45, 2.75) is 84.9 Å². The molecule has 0 aromatic heterocycles. The maximum absolute atomic E-state index is 13.5. The van der Waals surface area contributed by atoms with E-state index in [9.17, 15) is 4.79 Å². The molecule has 0 bridgehead atoms. The Balaban J connectivity index is 2.83. The van der Waals surface area contributed by atoms with E-state index in [-0.39, 0.29) is 36.1 Å². The Kier molecular flexibility index (Phi) is 17.7. The van der Waals surface area contributed by atoms with Gasteiger partial charge in [-0.25, -0.2) is 0 Å². The molecule has 1 aromatic carbocycles. The lowest BCUT2D eigenvalue weighted by molar-refractivity contribution is -0.132. The fourth-order valence-electron chi connectivity index (χ4n) is 3.94. The molecule has 0 aliphatic carbocycles. The summed E-state index contributed by atoms with van der Waals surface area (Å²) < 4.78 is 39.7. The summed E-state index contributed by atoms with van der Waals surface area (Å²) >= 11 is 0. The lowest BCUT2D eigenvalue weighted by Gasteiger charge is -2.35. The third-order valence-corrected chi connectivity index (χ3v) is 12.5. The van der Waals surface area contributed by atoms with E-state index in [0.717, 1.165) is 22.5 Å². The fourth-order valence-corrected chi connectivity index (χ4v) is 4.87. The normalized spacial score (nSPS) is 15.4. The molecule has 0 fully saturated rings. The first-order chi connectivity index (χ1) is 19.8. The van der Waals surface area contributed by atoms with E-state index in [0.29, 0.717) is 33.0 Å². The topological polar surface area (TPSA) is 81.7 Å². The number of ketones is 1. The van der Waals surface area contributed by atoms with Crippen LogP contribution < -0.4 is 4.74 Å². The number of carbonyl (C=O) groups excluding carboxylic acids is 1. The van der Waals surface area contributed by atoms with Gasteiger partial charge in [0.25, 0.3) is 0 Å². The minimum Gasteiger partial charge on any atom is -0.497 e. The van der Waals surface area contributed by atoms with E-state index in [1.54, 1.807) is 21.3 Å². The van der Waals surface area contributed by atoms with Crippen molar-refractivity contribution in [1.82, 2.24) is 0 Å². The molecule has 0 saturated carbocycles. The van der Waals surface area contributed by atoms with Crippen LogP contribution >= 0.6 is 0 Å². The number of hydrogen-bond acceptors (Lipinski definition) is 8. The monoisotopic (exact) mass is 608 g/mol. The molecule has 0 saturated heterocycles. The first kappa shape index (κ1) is 38.2. The number of methoxy groups -OCH3 is 3.